The molecule has 0 radical (unpaired) electrons. The zero-order chi connectivity index (χ0) is 17.1. The fourth-order valence-electron chi connectivity index (χ4n) is 2.63. The van der Waals surface area contributed by atoms with Gasteiger partial charge in [-0.25, -0.2) is 9.97 Å². The molecule has 0 fully saturated rings. The van der Waals surface area contributed by atoms with Crippen molar-refractivity contribution >= 4 is 11.0 Å². The number of rotatable bonds is 5. The standard InChI is InChI=1S/C19H16N4O2/c1-24-19-16(20-14-9-5-6-10-15(14)21-19)11-12-17-22-18(23-25-17)13-7-3-2-4-8-13/h2-10H,11-12H2,1H3. The van der Waals surface area contributed by atoms with Crippen LogP contribution in [0, 0.1) is 0 Å². The number of aryl methyl sites for hydroxylation is 2. The minimum atomic E-state index is 0.529. The van der Waals surface area contributed by atoms with E-state index in [2.05, 4.69) is 20.1 Å². The van der Waals surface area contributed by atoms with E-state index in [1.165, 1.54) is 0 Å². The zero-order valence-electron chi connectivity index (χ0n) is 13.7. The third-order valence-electron chi connectivity index (χ3n) is 3.88. The summed E-state index contributed by atoms with van der Waals surface area (Å²) in [7, 11) is 1.60. The molecular weight excluding hydrogens is 316 g/mol. The number of hydrogen-bond donors (Lipinski definition) is 0. The lowest BCUT2D eigenvalue weighted by molar-refractivity contribution is 0.373. The molecule has 4 aromatic rings. The lowest BCUT2D eigenvalue weighted by Crippen LogP contribution is -2.02. The Morgan fingerprint density at radius 1 is 0.840 bits per heavy atom. The lowest BCUT2D eigenvalue weighted by Gasteiger charge is -2.07. The second kappa shape index (κ2) is 6.68. The Balaban J connectivity index is 1.55. The van der Waals surface area contributed by atoms with Crippen LogP contribution >= 0.6 is 0 Å². The van der Waals surface area contributed by atoms with E-state index in [0.29, 0.717) is 30.4 Å². The van der Waals surface area contributed by atoms with E-state index in [1.807, 2.05) is 54.6 Å². The van der Waals surface area contributed by atoms with Crippen molar-refractivity contribution in [2.75, 3.05) is 7.11 Å². The van der Waals surface area contributed by atoms with Crippen LogP contribution in [-0.4, -0.2) is 27.2 Å². The van der Waals surface area contributed by atoms with Gasteiger partial charge in [0.2, 0.25) is 17.6 Å². The first kappa shape index (κ1) is 15.3. The van der Waals surface area contributed by atoms with Gasteiger partial charge in [-0.2, -0.15) is 4.98 Å². The highest BCUT2D eigenvalue weighted by Crippen LogP contribution is 2.21. The summed E-state index contributed by atoms with van der Waals surface area (Å²) < 4.78 is 10.7. The highest BCUT2D eigenvalue weighted by Gasteiger charge is 2.13. The Morgan fingerprint density at radius 2 is 1.56 bits per heavy atom. The van der Waals surface area contributed by atoms with Crippen molar-refractivity contribution in [2.24, 2.45) is 0 Å². The fourth-order valence-corrected chi connectivity index (χ4v) is 2.63. The summed E-state index contributed by atoms with van der Waals surface area (Å²) in [5.74, 6) is 1.68. The average Bonchev–Trinajstić information content (AvgIpc) is 3.15. The third kappa shape index (κ3) is 3.19. The van der Waals surface area contributed by atoms with Crippen molar-refractivity contribution in [3.05, 3.63) is 66.2 Å². The maximum atomic E-state index is 5.38. The van der Waals surface area contributed by atoms with Crippen LogP contribution in [0.5, 0.6) is 5.88 Å². The van der Waals surface area contributed by atoms with Gasteiger partial charge in [0, 0.05) is 18.4 Å². The van der Waals surface area contributed by atoms with Gasteiger partial charge < -0.3 is 9.26 Å². The van der Waals surface area contributed by atoms with Crippen molar-refractivity contribution in [3.8, 4) is 17.3 Å². The molecule has 0 N–H and O–H groups in total. The molecule has 0 unspecified atom stereocenters. The summed E-state index contributed by atoms with van der Waals surface area (Å²) in [5.41, 5.74) is 3.36. The monoisotopic (exact) mass is 332 g/mol. The third-order valence-corrected chi connectivity index (χ3v) is 3.88. The molecule has 2 aromatic heterocycles. The molecular formula is C19H16N4O2. The van der Waals surface area contributed by atoms with E-state index >= 15 is 0 Å². The molecule has 0 atom stereocenters. The van der Waals surface area contributed by atoms with Gasteiger partial charge in [0.25, 0.3) is 0 Å². The summed E-state index contributed by atoms with van der Waals surface area (Å²) >= 11 is 0. The summed E-state index contributed by atoms with van der Waals surface area (Å²) in [5, 5.41) is 4.04. The molecule has 0 saturated heterocycles. The number of methoxy groups -OCH3 is 1. The summed E-state index contributed by atoms with van der Waals surface area (Å²) in [6.45, 7) is 0. The summed E-state index contributed by atoms with van der Waals surface area (Å²) in [6.07, 6.45) is 1.18. The Labute approximate surface area is 144 Å². The summed E-state index contributed by atoms with van der Waals surface area (Å²) in [4.78, 5) is 13.6. The van der Waals surface area contributed by atoms with Crippen LogP contribution in [0.4, 0.5) is 0 Å². The highest BCUT2D eigenvalue weighted by molar-refractivity contribution is 5.74. The summed E-state index contributed by atoms with van der Waals surface area (Å²) in [6, 6.07) is 17.5. The molecule has 6 heteroatoms. The van der Waals surface area contributed by atoms with Crippen LogP contribution < -0.4 is 4.74 Å². The smallest absolute Gasteiger partial charge is 0.235 e. The number of nitrogens with zero attached hydrogens (tertiary/aromatic N) is 4. The van der Waals surface area contributed by atoms with Gasteiger partial charge in [0.1, 0.15) is 5.69 Å². The molecule has 0 spiro atoms. The Bertz CT molecular complexity index is 999. The van der Waals surface area contributed by atoms with Gasteiger partial charge in [-0.15, -0.1) is 0 Å². The Kier molecular flexibility index (Phi) is 4.08. The molecule has 0 saturated carbocycles. The second-order valence-electron chi connectivity index (χ2n) is 5.55. The predicted molar refractivity (Wildman–Crippen MR) is 93.2 cm³/mol. The molecule has 0 aliphatic rings. The number of hydrogen-bond acceptors (Lipinski definition) is 6. The number of para-hydroxylation sites is 2. The van der Waals surface area contributed by atoms with Crippen molar-refractivity contribution in [3.63, 3.8) is 0 Å². The van der Waals surface area contributed by atoms with Crippen LogP contribution in [0.1, 0.15) is 11.6 Å². The molecule has 0 aliphatic heterocycles. The van der Waals surface area contributed by atoms with Gasteiger partial charge in [0.15, 0.2) is 0 Å². The number of aromatic nitrogens is 4. The van der Waals surface area contributed by atoms with E-state index in [0.717, 1.165) is 22.3 Å². The molecule has 6 nitrogen and oxygen atoms in total. The molecule has 0 amide bonds. The van der Waals surface area contributed by atoms with Gasteiger partial charge >= 0.3 is 0 Å². The van der Waals surface area contributed by atoms with Crippen molar-refractivity contribution in [1.29, 1.82) is 0 Å². The largest absolute Gasteiger partial charge is 0.480 e. The Morgan fingerprint density at radius 3 is 2.32 bits per heavy atom. The van der Waals surface area contributed by atoms with E-state index in [-0.39, 0.29) is 0 Å². The lowest BCUT2D eigenvalue weighted by atomic mass is 10.2. The number of benzene rings is 2. The average molecular weight is 332 g/mol. The SMILES string of the molecule is COc1nc2ccccc2nc1CCc1nc(-c2ccccc2)no1. The van der Waals surface area contributed by atoms with Crippen LogP contribution in [0.2, 0.25) is 0 Å². The second-order valence-corrected chi connectivity index (χ2v) is 5.55. The Hall–Kier alpha value is -3.28. The van der Waals surface area contributed by atoms with Crippen molar-refractivity contribution < 1.29 is 9.26 Å². The molecule has 0 bridgehead atoms. The normalized spacial score (nSPS) is 10.9. The molecule has 0 aliphatic carbocycles. The highest BCUT2D eigenvalue weighted by atomic mass is 16.5. The van der Waals surface area contributed by atoms with Gasteiger partial charge in [-0.1, -0.05) is 47.6 Å². The minimum Gasteiger partial charge on any atom is -0.480 e. The van der Waals surface area contributed by atoms with Crippen LogP contribution in [0.3, 0.4) is 0 Å². The predicted octanol–water partition coefficient (Wildman–Crippen LogP) is 3.47. The molecule has 25 heavy (non-hydrogen) atoms. The van der Waals surface area contributed by atoms with E-state index < -0.39 is 0 Å². The van der Waals surface area contributed by atoms with E-state index in [4.69, 9.17) is 9.26 Å². The van der Waals surface area contributed by atoms with Gasteiger partial charge in [-0.3, -0.25) is 0 Å². The van der Waals surface area contributed by atoms with Crippen LogP contribution in [0.25, 0.3) is 22.4 Å². The van der Waals surface area contributed by atoms with Crippen molar-refractivity contribution in [1.82, 2.24) is 20.1 Å². The van der Waals surface area contributed by atoms with E-state index in [1.54, 1.807) is 7.11 Å². The number of fused-ring (bicyclic) bond motifs is 1. The van der Waals surface area contributed by atoms with Crippen molar-refractivity contribution in [2.45, 2.75) is 12.8 Å². The maximum Gasteiger partial charge on any atom is 0.235 e. The van der Waals surface area contributed by atoms with E-state index in [9.17, 15) is 0 Å². The molecule has 2 aromatic carbocycles. The van der Waals surface area contributed by atoms with Crippen LogP contribution in [-0.2, 0) is 12.8 Å². The molecule has 4 rings (SSSR count). The first-order valence-electron chi connectivity index (χ1n) is 8.01. The fraction of sp³-hybridized carbons (Fsp3) is 0.158. The quantitative estimate of drug-likeness (QED) is 0.557. The van der Waals surface area contributed by atoms with Gasteiger partial charge in [-0.05, 0) is 12.1 Å². The zero-order valence-corrected chi connectivity index (χ0v) is 13.7. The number of ether oxygens (including phenoxy) is 1. The first-order valence-corrected chi connectivity index (χ1v) is 8.01. The maximum absolute atomic E-state index is 5.38. The van der Waals surface area contributed by atoms with Crippen LogP contribution in [0.15, 0.2) is 59.1 Å². The first-order chi connectivity index (χ1) is 12.3. The minimum absolute atomic E-state index is 0.529. The van der Waals surface area contributed by atoms with Gasteiger partial charge in [0.05, 0.1) is 18.1 Å². The molecule has 124 valence electrons. The topological polar surface area (TPSA) is 73.9 Å². The molecule has 2 heterocycles.